The molecule has 143 valence electrons. The van der Waals surface area contributed by atoms with E-state index in [0.29, 0.717) is 17.6 Å². The lowest BCUT2D eigenvalue weighted by Crippen LogP contribution is -2.29. The molecular weight excluding hydrogens is 368 g/mol. The van der Waals surface area contributed by atoms with Crippen LogP contribution >= 0.6 is 11.8 Å². The summed E-state index contributed by atoms with van der Waals surface area (Å²) < 4.78 is 5.45. The number of methoxy groups -OCH3 is 1. The van der Waals surface area contributed by atoms with Crippen LogP contribution in [0.5, 0.6) is 0 Å². The summed E-state index contributed by atoms with van der Waals surface area (Å²) in [7, 11) is 1.67. The molecule has 0 fully saturated rings. The van der Waals surface area contributed by atoms with Crippen molar-refractivity contribution in [1.82, 2.24) is 4.98 Å². The van der Waals surface area contributed by atoms with Gasteiger partial charge in [-0.25, -0.2) is 4.99 Å². The number of nitrogens with two attached hydrogens (primary N) is 1. The molecule has 2 aromatic rings. The van der Waals surface area contributed by atoms with E-state index in [1.165, 1.54) is 28.5 Å². The number of hydrogen-bond acceptors (Lipinski definition) is 6. The molecule has 1 aliphatic carbocycles. The normalized spacial score (nSPS) is 16.8. The minimum Gasteiger partial charge on any atom is -0.390 e. The molecular formula is C22H23N4OS. The van der Waals surface area contributed by atoms with E-state index in [0.717, 1.165) is 17.0 Å². The van der Waals surface area contributed by atoms with Gasteiger partial charge in [-0.05, 0) is 41.8 Å². The van der Waals surface area contributed by atoms with Crippen LogP contribution < -0.4 is 10.6 Å². The number of allylic oxidation sites excluding steroid dienone is 3. The molecule has 0 spiro atoms. The third-order valence-electron chi connectivity index (χ3n) is 4.71. The molecule has 4 rings (SSSR count). The second-order valence-electron chi connectivity index (χ2n) is 6.57. The smallest absolute Gasteiger partial charge is 0.165 e. The van der Waals surface area contributed by atoms with E-state index in [4.69, 9.17) is 10.5 Å². The molecule has 2 N–H and O–H groups in total. The Bertz CT molecular complexity index is 988. The molecule has 1 aromatic heterocycles. The highest BCUT2D eigenvalue weighted by atomic mass is 32.2. The van der Waals surface area contributed by atoms with Crippen molar-refractivity contribution in [2.45, 2.75) is 17.2 Å². The van der Waals surface area contributed by atoms with Gasteiger partial charge in [0, 0.05) is 38.0 Å². The quantitative estimate of drug-likeness (QED) is 0.556. The maximum atomic E-state index is 6.28. The van der Waals surface area contributed by atoms with Gasteiger partial charge in [-0.3, -0.25) is 9.88 Å². The fourth-order valence-electron chi connectivity index (χ4n) is 3.41. The van der Waals surface area contributed by atoms with Crippen molar-refractivity contribution in [1.29, 1.82) is 0 Å². The molecule has 0 saturated carbocycles. The van der Waals surface area contributed by atoms with Gasteiger partial charge in [0.25, 0.3) is 0 Å². The van der Waals surface area contributed by atoms with Crippen molar-refractivity contribution in [3.8, 4) is 0 Å². The highest BCUT2D eigenvalue weighted by Crippen LogP contribution is 2.46. The van der Waals surface area contributed by atoms with E-state index >= 15 is 0 Å². The number of anilines is 1. The average molecular weight is 392 g/mol. The molecule has 0 saturated heterocycles. The molecule has 6 heteroatoms. The van der Waals surface area contributed by atoms with Crippen LogP contribution in [0.4, 0.5) is 5.69 Å². The Labute approximate surface area is 170 Å². The van der Waals surface area contributed by atoms with E-state index in [1.807, 2.05) is 17.3 Å². The van der Waals surface area contributed by atoms with Crippen molar-refractivity contribution >= 4 is 23.7 Å². The van der Waals surface area contributed by atoms with Crippen LogP contribution in [0.2, 0.25) is 0 Å². The molecule has 5 nitrogen and oxygen atoms in total. The Balaban J connectivity index is 0.00000240. The maximum absolute atomic E-state index is 6.28. The van der Waals surface area contributed by atoms with E-state index < -0.39 is 0 Å². The first-order valence-corrected chi connectivity index (χ1v) is 9.86. The Morgan fingerprint density at radius 1 is 1.36 bits per heavy atom. The molecule has 1 radical (unpaired) electrons. The molecule has 1 atom stereocenters. The van der Waals surface area contributed by atoms with Gasteiger partial charge in [-0.2, -0.15) is 0 Å². The number of aliphatic imine (C=N–C) groups is 1. The molecule has 0 amide bonds. The minimum atomic E-state index is 0. The molecule has 2 aliphatic rings. The predicted molar refractivity (Wildman–Crippen MR) is 116 cm³/mol. The second-order valence-corrected chi connectivity index (χ2v) is 7.66. The third kappa shape index (κ3) is 3.61. The Morgan fingerprint density at radius 3 is 2.82 bits per heavy atom. The summed E-state index contributed by atoms with van der Waals surface area (Å²) in [5, 5.41) is 0.644. The molecule has 1 unspecified atom stereocenters. The van der Waals surface area contributed by atoms with Crippen LogP contribution in [-0.2, 0) is 4.74 Å². The predicted octanol–water partition coefficient (Wildman–Crippen LogP) is 4.51. The molecule has 28 heavy (non-hydrogen) atoms. The zero-order valence-electron chi connectivity index (χ0n) is 16.7. The number of pyridine rings is 1. The zero-order valence-corrected chi connectivity index (χ0v) is 16.5. The van der Waals surface area contributed by atoms with Gasteiger partial charge >= 0.3 is 0 Å². The van der Waals surface area contributed by atoms with Crippen molar-refractivity contribution < 1.29 is 6.16 Å². The summed E-state index contributed by atoms with van der Waals surface area (Å²) >= 11 is 1.53. The zero-order chi connectivity index (χ0) is 19.5. The van der Waals surface area contributed by atoms with Crippen molar-refractivity contribution in [3.05, 3.63) is 89.0 Å². The topological polar surface area (TPSA) is 63.7 Å². The SMILES string of the molecule is C=C/C=N\C1=C(N)Sc2ccc(C(C3=CC3)c3ccncc3)cc2N1COC.[H]. The van der Waals surface area contributed by atoms with Crippen LogP contribution in [0.25, 0.3) is 0 Å². The molecule has 2 heterocycles. The number of hydrogen-bond donors (Lipinski definition) is 1. The maximum Gasteiger partial charge on any atom is 0.165 e. The Kier molecular flexibility index (Phi) is 5.32. The van der Waals surface area contributed by atoms with Crippen molar-refractivity contribution in [3.63, 3.8) is 0 Å². The van der Waals surface area contributed by atoms with E-state index in [9.17, 15) is 0 Å². The monoisotopic (exact) mass is 391 g/mol. The van der Waals surface area contributed by atoms with Gasteiger partial charge in [0.05, 0.1) is 5.69 Å². The van der Waals surface area contributed by atoms with Gasteiger partial charge in [0.1, 0.15) is 11.8 Å². The van der Waals surface area contributed by atoms with Crippen LogP contribution in [0.1, 0.15) is 24.9 Å². The summed E-state index contributed by atoms with van der Waals surface area (Å²) in [6, 6.07) is 10.7. The van der Waals surface area contributed by atoms with Crippen molar-refractivity contribution in [2.75, 3.05) is 18.7 Å². The molecule has 0 bridgehead atoms. The van der Waals surface area contributed by atoms with Gasteiger partial charge in [-0.15, -0.1) is 0 Å². The number of nitrogens with zero attached hydrogens (tertiary/aromatic N) is 3. The first-order valence-electron chi connectivity index (χ1n) is 9.05. The van der Waals surface area contributed by atoms with Crippen LogP contribution in [-0.4, -0.2) is 25.0 Å². The summed E-state index contributed by atoms with van der Waals surface area (Å²) in [6.45, 7) is 4.07. The summed E-state index contributed by atoms with van der Waals surface area (Å²) in [6.07, 6.45) is 10.3. The average Bonchev–Trinajstić information content (AvgIpc) is 3.54. The molecule has 1 aliphatic heterocycles. The van der Waals surface area contributed by atoms with Crippen LogP contribution in [0.15, 0.2) is 87.8 Å². The lowest BCUT2D eigenvalue weighted by atomic mass is 9.89. The van der Waals surface area contributed by atoms with E-state index in [2.05, 4.69) is 53.0 Å². The van der Waals surface area contributed by atoms with E-state index in [1.54, 1.807) is 19.4 Å². The van der Waals surface area contributed by atoms with Gasteiger partial charge in [0.15, 0.2) is 5.82 Å². The summed E-state index contributed by atoms with van der Waals surface area (Å²) in [4.78, 5) is 11.7. The highest BCUT2D eigenvalue weighted by Gasteiger charge is 2.29. The number of rotatable bonds is 7. The fraction of sp³-hybridized carbons (Fsp3) is 0.182. The van der Waals surface area contributed by atoms with E-state index in [-0.39, 0.29) is 7.34 Å². The second kappa shape index (κ2) is 8.04. The fourth-order valence-corrected chi connectivity index (χ4v) is 4.31. The largest absolute Gasteiger partial charge is 0.390 e. The first-order chi connectivity index (χ1) is 13.7. The van der Waals surface area contributed by atoms with Gasteiger partial charge < -0.3 is 10.5 Å². The minimum absolute atomic E-state index is 0. The van der Waals surface area contributed by atoms with Crippen LogP contribution in [0, 0.1) is 0 Å². The van der Waals surface area contributed by atoms with Gasteiger partial charge in [-0.1, -0.05) is 42.1 Å². The highest BCUT2D eigenvalue weighted by molar-refractivity contribution is 8.03. The molecule has 1 aromatic carbocycles. The number of benzene rings is 1. The standard InChI is InChI=1S/C22H22N4OS.H/c1-3-10-25-22-21(23)28-19-7-6-17(13-18(19)26(22)14-27-2)20(15-4-5-15)16-8-11-24-12-9-16;/h3-4,6-13,20H,1,5,14,23H2,2H3;/b25-10-;. The Hall–Kier alpha value is -2.83. The first kappa shape index (κ1) is 18.5. The van der Waals surface area contributed by atoms with Crippen LogP contribution in [0.3, 0.4) is 0 Å². The Morgan fingerprint density at radius 2 is 2.14 bits per heavy atom. The number of fused-ring (bicyclic) bond motifs is 1. The van der Waals surface area contributed by atoms with Crippen molar-refractivity contribution in [2.24, 2.45) is 10.7 Å². The summed E-state index contributed by atoms with van der Waals surface area (Å²) in [5.74, 6) is 0.925. The summed E-state index contributed by atoms with van der Waals surface area (Å²) in [5.41, 5.74) is 11.3. The lowest BCUT2D eigenvalue weighted by molar-refractivity contribution is 0.202. The number of aromatic nitrogens is 1. The number of thioether (sulfide) groups is 1. The van der Waals surface area contributed by atoms with Gasteiger partial charge in [0.2, 0.25) is 0 Å². The lowest BCUT2D eigenvalue weighted by Gasteiger charge is -2.32. The third-order valence-corrected chi connectivity index (χ3v) is 5.68. The number of ether oxygens (including phenoxy) is 1.